The van der Waals surface area contributed by atoms with Crippen LogP contribution >= 0.6 is 0 Å². The first-order chi connectivity index (χ1) is 17.6. The average Bonchev–Trinajstić information content (AvgIpc) is 3.38. The van der Waals surface area contributed by atoms with Crippen LogP contribution in [0.5, 0.6) is 0 Å². The number of carboxylic acids is 1. The molecule has 182 valence electrons. The lowest BCUT2D eigenvalue weighted by Crippen LogP contribution is -2.26. The van der Waals surface area contributed by atoms with Crippen LogP contribution < -0.4 is 16.1 Å². The lowest BCUT2D eigenvalue weighted by Gasteiger charge is -2.23. The molecule has 2 aromatic carbocycles. The van der Waals surface area contributed by atoms with E-state index in [9.17, 15) is 14.7 Å². The lowest BCUT2D eigenvalue weighted by molar-refractivity contribution is 0.0695. The summed E-state index contributed by atoms with van der Waals surface area (Å²) in [4.78, 5) is 33.7. The molecule has 2 aliphatic rings. The highest BCUT2D eigenvalue weighted by Gasteiger charge is 2.19. The number of anilines is 2. The molecule has 1 saturated heterocycles. The highest BCUT2D eigenvalue weighted by Crippen LogP contribution is 2.28. The molecule has 0 atom stereocenters. The molecule has 1 aliphatic carbocycles. The summed E-state index contributed by atoms with van der Waals surface area (Å²) in [5, 5.41) is 16.5. The average molecular weight is 482 g/mol. The standard InChI is InChI=1S/C28H27N5O3/c34-25-23-15-30-28(31-21-7-4-18(5-8-21)19-10-12-29-13-11-19)32-26(23)33(16-24(25)27(35)36)22-9-6-17-2-1-3-20(17)14-22/h4-9,14-16,19,29H,1-3,10-13H2,(H,35,36)(H,30,31,32). The van der Waals surface area contributed by atoms with Gasteiger partial charge < -0.3 is 20.3 Å². The van der Waals surface area contributed by atoms with E-state index >= 15 is 0 Å². The number of pyridine rings is 1. The highest BCUT2D eigenvalue weighted by molar-refractivity contribution is 5.92. The molecule has 0 spiro atoms. The molecule has 0 amide bonds. The number of hydrogen-bond donors (Lipinski definition) is 3. The Bertz CT molecular complexity index is 1520. The maximum atomic E-state index is 12.9. The third-order valence-electron chi connectivity index (χ3n) is 7.31. The zero-order valence-corrected chi connectivity index (χ0v) is 19.8. The number of carbonyl (C=O) groups is 1. The van der Waals surface area contributed by atoms with Gasteiger partial charge in [-0.15, -0.1) is 0 Å². The number of aryl methyl sites for hydroxylation is 2. The zero-order chi connectivity index (χ0) is 24.6. The molecule has 0 radical (unpaired) electrons. The van der Waals surface area contributed by atoms with E-state index in [2.05, 4.69) is 44.9 Å². The Hall–Kier alpha value is -4.04. The number of nitrogens with one attached hydrogen (secondary N) is 2. The van der Waals surface area contributed by atoms with Crippen LogP contribution in [-0.2, 0) is 12.8 Å². The first-order valence-electron chi connectivity index (χ1n) is 12.4. The summed E-state index contributed by atoms with van der Waals surface area (Å²) in [6.07, 6.45) is 8.20. The maximum absolute atomic E-state index is 12.9. The van der Waals surface area contributed by atoms with Crippen LogP contribution in [0.2, 0.25) is 0 Å². The molecule has 8 heteroatoms. The topological polar surface area (TPSA) is 109 Å². The third-order valence-corrected chi connectivity index (χ3v) is 7.31. The van der Waals surface area contributed by atoms with Crippen LogP contribution in [0.15, 0.2) is 59.7 Å². The van der Waals surface area contributed by atoms with Gasteiger partial charge in [-0.3, -0.25) is 4.79 Å². The quantitative estimate of drug-likeness (QED) is 0.392. The largest absolute Gasteiger partial charge is 0.477 e. The smallest absolute Gasteiger partial charge is 0.341 e. The van der Waals surface area contributed by atoms with Crippen molar-refractivity contribution in [2.24, 2.45) is 0 Å². The van der Waals surface area contributed by atoms with Crippen LogP contribution in [0.3, 0.4) is 0 Å². The number of carboxylic acid groups (broad SMARTS) is 1. The van der Waals surface area contributed by atoms with E-state index in [4.69, 9.17) is 0 Å². The van der Waals surface area contributed by atoms with Crippen molar-refractivity contribution in [1.29, 1.82) is 0 Å². The van der Waals surface area contributed by atoms with Crippen LogP contribution in [0.1, 0.15) is 52.2 Å². The fraction of sp³-hybridized carbons (Fsp3) is 0.286. The van der Waals surface area contributed by atoms with E-state index in [0.717, 1.165) is 56.6 Å². The molecule has 3 N–H and O–H groups in total. The van der Waals surface area contributed by atoms with Crippen molar-refractivity contribution in [3.63, 3.8) is 0 Å². The molecule has 3 heterocycles. The van der Waals surface area contributed by atoms with Crippen molar-refractivity contribution < 1.29 is 9.90 Å². The normalized spacial score (nSPS) is 15.7. The van der Waals surface area contributed by atoms with E-state index in [1.165, 1.54) is 29.1 Å². The number of nitrogens with zero attached hydrogens (tertiary/aromatic N) is 3. The van der Waals surface area contributed by atoms with Gasteiger partial charge in [0.25, 0.3) is 0 Å². The number of piperidine rings is 1. The first kappa shape index (κ1) is 22.4. The summed E-state index contributed by atoms with van der Waals surface area (Å²) < 4.78 is 1.69. The van der Waals surface area contributed by atoms with E-state index in [1.54, 1.807) is 4.57 Å². The van der Waals surface area contributed by atoms with Crippen LogP contribution in [0.4, 0.5) is 11.6 Å². The van der Waals surface area contributed by atoms with Gasteiger partial charge in [0, 0.05) is 23.8 Å². The predicted octanol–water partition coefficient (Wildman–Crippen LogP) is 4.18. The van der Waals surface area contributed by atoms with Crippen LogP contribution in [0.25, 0.3) is 16.7 Å². The molecule has 4 aromatic rings. The third kappa shape index (κ3) is 4.13. The minimum absolute atomic E-state index is 0.169. The Balaban J connectivity index is 1.38. The van der Waals surface area contributed by atoms with E-state index in [1.807, 2.05) is 18.2 Å². The van der Waals surface area contributed by atoms with Gasteiger partial charge in [0.15, 0.2) is 5.65 Å². The molecule has 6 rings (SSSR count). The van der Waals surface area contributed by atoms with Gasteiger partial charge in [0.1, 0.15) is 5.56 Å². The predicted molar refractivity (Wildman–Crippen MR) is 139 cm³/mol. The summed E-state index contributed by atoms with van der Waals surface area (Å²) in [5.41, 5.74) is 4.98. The monoisotopic (exact) mass is 481 g/mol. The van der Waals surface area contributed by atoms with Gasteiger partial charge in [-0.1, -0.05) is 18.2 Å². The molecule has 1 aliphatic heterocycles. The minimum atomic E-state index is -1.27. The summed E-state index contributed by atoms with van der Waals surface area (Å²) >= 11 is 0. The van der Waals surface area contributed by atoms with Gasteiger partial charge in [0.05, 0.1) is 5.39 Å². The number of benzene rings is 2. The molecule has 0 bridgehead atoms. The van der Waals surface area contributed by atoms with E-state index in [-0.39, 0.29) is 10.9 Å². The number of hydrogen-bond acceptors (Lipinski definition) is 6. The Morgan fingerprint density at radius 1 is 1.06 bits per heavy atom. The second kappa shape index (κ2) is 9.20. The molecule has 8 nitrogen and oxygen atoms in total. The van der Waals surface area contributed by atoms with Gasteiger partial charge in [-0.2, -0.15) is 4.98 Å². The number of aromatic carboxylic acids is 1. The van der Waals surface area contributed by atoms with Gasteiger partial charge in [0.2, 0.25) is 11.4 Å². The summed E-state index contributed by atoms with van der Waals surface area (Å²) in [7, 11) is 0. The summed E-state index contributed by atoms with van der Waals surface area (Å²) in [5.74, 6) is -0.357. The van der Waals surface area contributed by atoms with Gasteiger partial charge >= 0.3 is 5.97 Å². The summed E-state index contributed by atoms with van der Waals surface area (Å²) in [6, 6.07) is 14.4. The van der Waals surface area contributed by atoms with Crippen molar-refractivity contribution in [3.8, 4) is 5.69 Å². The fourth-order valence-electron chi connectivity index (χ4n) is 5.35. The lowest BCUT2D eigenvalue weighted by atomic mass is 9.90. The van der Waals surface area contributed by atoms with Crippen molar-refractivity contribution in [1.82, 2.24) is 19.9 Å². The summed E-state index contributed by atoms with van der Waals surface area (Å²) in [6.45, 7) is 2.09. The van der Waals surface area contributed by atoms with E-state index < -0.39 is 11.4 Å². The first-order valence-corrected chi connectivity index (χ1v) is 12.4. The van der Waals surface area contributed by atoms with E-state index in [0.29, 0.717) is 17.5 Å². The SMILES string of the molecule is O=C(O)c1cn(-c2ccc3c(c2)CCC3)c2nc(Nc3ccc(C4CCNCC4)cc3)ncc2c1=O. The Labute approximate surface area is 208 Å². The van der Waals surface area contributed by atoms with Crippen molar-refractivity contribution >= 4 is 28.6 Å². The second-order valence-corrected chi connectivity index (χ2v) is 9.56. The number of fused-ring (bicyclic) bond motifs is 2. The Morgan fingerprint density at radius 2 is 1.83 bits per heavy atom. The fourth-order valence-corrected chi connectivity index (χ4v) is 5.35. The van der Waals surface area contributed by atoms with Crippen LogP contribution in [-0.4, -0.2) is 38.7 Å². The molecular formula is C28H27N5O3. The molecular weight excluding hydrogens is 454 g/mol. The molecule has 1 fully saturated rings. The molecule has 0 unspecified atom stereocenters. The number of aromatic nitrogens is 3. The second-order valence-electron chi connectivity index (χ2n) is 9.56. The van der Waals surface area contributed by atoms with Crippen molar-refractivity contribution in [2.45, 2.75) is 38.0 Å². The van der Waals surface area contributed by atoms with Gasteiger partial charge in [-0.05, 0) is 92.1 Å². The minimum Gasteiger partial charge on any atom is -0.477 e. The molecule has 2 aromatic heterocycles. The van der Waals surface area contributed by atoms with Crippen LogP contribution in [0, 0.1) is 0 Å². The van der Waals surface area contributed by atoms with Crippen molar-refractivity contribution in [3.05, 3.63) is 87.3 Å². The maximum Gasteiger partial charge on any atom is 0.341 e. The van der Waals surface area contributed by atoms with Crippen molar-refractivity contribution in [2.75, 3.05) is 18.4 Å². The Morgan fingerprint density at radius 3 is 2.61 bits per heavy atom. The highest BCUT2D eigenvalue weighted by atomic mass is 16.4. The molecule has 0 saturated carbocycles. The number of rotatable bonds is 5. The Kier molecular flexibility index (Phi) is 5.73. The van der Waals surface area contributed by atoms with Gasteiger partial charge in [-0.25, -0.2) is 9.78 Å². The zero-order valence-electron chi connectivity index (χ0n) is 19.8. The molecule has 36 heavy (non-hydrogen) atoms.